The molecule has 2 nitrogen and oxygen atoms in total. The predicted octanol–water partition coefficient (Wildman–Crippen LogP) is 2.40. The van der Waals surface area contributed by atoms with Crippen molar-refractivity contribution < 1.29 is 8.78 Å². The van der Waals surface area contributed by atoms with Crippen LogP contribution in [0, 0.1) is 18.6 Å². The summed E-state index contributed by atoms with van der Waals surface area (Å²) in [5, 5.41) is 0.290. The zero-order valence-electron chi connectivity index (χ0n) is 7.51. The van der Waals surface area contributed by atoms with E-state index in [4.69, 9.17) is 5.73 Å². The van der Waals surface area contributed by atoms with Gasteiger partial charge in [0.05, 0.1) is 5.52 Å². The number of pyridine rings is 1. The van der Waals surface area contributed by atoms with E-state index < -0.39 is 11.6 Å². The Morgan fingerprint density at radius 3 is 2.64 bits per heavy atom. The molecule has 0 aliphatic carbocycles. The van der Waals surface area contributed by atoms with Crippen LogP contribution in [0.15, 0.2) is 18.2 Å². The van der Waals surface area contributed by atoms with E-state index in [0.717, 1.165) is 12.1 Å². The van der Waals surface area contributed by atoms with E-state index in [1.807, 2.05) is 0 Å². The van der Waals surface area contributed by atoms with Crippen molar-refractivity contribution in [2.24, 2.45) is 0 Å². The van der Waals surface area contributed by atoms with Gasteiger partial charge in [-0.1, -0.05) is 0 Å². The van der Waals surface area contributed by atoms with Crippen molar-refractivity contribution in [3.8, 4) is 0 Å². The Labute approximate surface area is 79.4 Å². The molecule has 0 radical (unpaired) electrons. The number of hydrogen-bond acceptors (Lipinski definition) is 2. The molecule has 2 aromatic rings. The average Bonchev–Trinajstić information content (AvgIpc) is 2.08. The zero-order chi connectivity index (χ0) is 10.3. The van der Waals surface area contributed by atoms with Gasteiger partial charge in [0.2, 0.25) is 0 Å². The van der Waals surface area contributed by atoms with E-state index in [-0.39, 0.29) is 10.9 Å². The highest BCUT2D eigenvalue weighted by Crippen LogP contribution is 2.21. The minimum Gasteiger partial charge on any atom is -0.383 e. The number of benzene rings is 1. The molecule has 0 saturated carbocycles. The second-order valence-corrected chi connectivity index (χ2v) is 3.14. The normalized spacial score (nSPS) is 10.8. The molecule has 4 heteroatoms. The Balaban J connectivity index is 2.89. The topological polar surface area (TPSA) is 38.9 Å². The van der Waals surface area contributed by atoms with Gasteiger partial charge in [-0.15, -0.1) is 0 Å². The van der Waals surface area contributed by atoms with E-state index in [1.54, 1.807) is 13.0 Å². The Morgan fingerprint density at radius 2 is 1.93 bits per heavy atom. The van der Waals surface area contributed by atoms with Crippen molar-refractivity contribution >= 4 is 16.7 Å². The molecule has 0 spiro atoms. The smallest absolute Gasteiger partial charge is 0.135 e. The van der Waals surface area contributed by atoms with Crippen LogP contribution in [0.25, 0.3) is 10.9 Å². The number of rotatable bonds is 0. The lowest BCUT2D eigenvalue weighted by Crippen LogP contribution is -1.96. The summed E-state index contributed by atoms with van der Waals surface area (Å²) in [4.78, 5) is 3.89. The van der Waals surface area contributed by atoms with Crippen LogP contribution in [0.5, 0.6) is 0 Å². The molecule has 2 rings (SSSR count). The van der Waals surface area contributed by atoms with Gasteiger partial charge in [-0.3, -0.25) is 0 Å². The predicted molar refractivity (Wildman–Crippen MR) is 50.8 cm³/mol. The maximum Gasteiger partial charge on any atom is 0.135 e. The van der Waals surface area contributed by atoms with Crippen LogP contribution in [-0.2, 0) is 0 Å². The molecule has 0 fully saturated rings. The van der Waals surface area contributed by atoms with Crippen molar-refractivity contribution in [3.05, 3.63) is 35.4 Å². The molecule has 1 aromatic heterocycles. The van der Waals surface area contributed by atoms with Gasteiger partial charge in [0.25, 0.3) is 0 Å². The van der Waals surface area contributed by atoms with E-state index >= 15 is 0 Å². The SMILES string of the molecule is Cc1cc2c(F)cc(F)cc2nc1N. The molecule has 0 amide bonds. The lowest BCUT2D eigenvalue weighted by molar-refractivity contribution is 0.591. The average molecular weight is 194 g/mol. The third-order valence-electron chi connectivity index (χ3n) is 2.08. The van der Waals surface area contributed by atoms with Gasteiger partial charge in [-0.2, -0.15) is 0 Å². The van der Waals surface area contributed by atoms with Crippen LogP contribution in [0.1, 0.15) is 5.56 Å². The molecule has 0 unspecified atom stereocenters. The number of nitrogen functional groups attached to an aromatic ring is 1. The molecule has 0 aliphatic rings. The molecular formula is C10H8F2N2. The van der Waals surface area contributed by atoms with Crippen molar-refractivity contribution in [3.63, 3.8) is 0 Å². The summed E-state index contributed by atoms with van der Waals surface area (Å²) < 4.78 is 26.0. The first-order valence-electron chi connectivity index (χ1n) is 4.10. The number of hydrogen-bond donors (Lipinski definition) is 1. The summed E-state index contributed by atoms with van der Waals surface area (Å²) >= 11 is 0. The van der Waals surface area contributed by atoms with E-state index in [0.29, 0.717) is 11.4 Å². The number of fused-ring (bicyclic) bond motifs is 1. The van der Waals surface area contributed by atoms with E-state index in [2.05, 4.69) is 4.98 Å². The lowest BCUT2D eigenvalue weighted by Gasteiger charge is -2.03. The fraction of sp³-hybridized carbons (Fsp3) is 0.100. The van der Waals surface area contributed by atoms with Crippen LogP contribution in [-0.4, -0.2) is 4.98 Å². The first kappa shape index (κ1) is 8.87. The van der Waals surface area contributed by atoms with Crippen LogP contribution < -0.4 is 5.73 Å². The highest BCUT2D eigenvalue weighted by Gasteiger charge is 2.07. The third-order valence-corrected chi connectivity index (χ3v) is 2.08. The highest BCUT2D eigenvalue weighted by atomic mass is 19.1. The molecule has 14 heavy (non-hydrogen) atoms. The largest absolute Gasteiger partial charge is 0.383 e. The van der Waals surface area contributed by atoms with E-state index in [9.17, 15) is 8.78 Å². The number of aromatic nitrogens is 1. The van der Waals surface area contributed by atoms with Gasteiger partial charge in [-0.05, 0) is 18.6 Å². The third kappa shape index (κ3) is 1.28. The van der Waals surface area contributed by atoms with Crippen molar-refractivity contribution in [1.82, 2.24) is 4.98 Å². The first-order valence-corrected chi connectivity index (χ1v) is 4.10. The first-order chi connectivity index (χ1) is 6.58. The van der Waals surface area contributed by atoms with Crippen LogP contribution in [0.3, 0.4) is 0 Å². The van der Waals surface area contributed by atoms with Crippen LogP contribution in [0.2, 0.25) is 0 Å². The van der Waals surface area contributed by atoms with Crippen molar-refractivity contribution in [1.29, 1.82) is 0 Å². The Bertz CT molecular complexity index is 509. The lowest BCUT2D eigenvalue weighted by atomic mass is 10.1. The minimum absolute atomic E-state index is 0.241. The van der Waals surface area contributed by atoms with Gasteiger partial charge < -0.3 is 5.73 Å². The van der Waals surface area contributed by atoms with Crippen molar-refractivity contribution in [2.75, 3.05) is 5.73 Å². The molecule has 72 valence electrons. The molecule has 1 heterocycles. The highest BCUT2D eigenvalue weighted by molar-refractivity contribution is 5.81. The Kier molecular flexibility index (Phi) is 1.84. The van der Waals surface area contributed by atoms with Crippen molar-refractivity contribution in [2.45, 2.75) is 6.92 Å². The molecular weight excluding hydrogens is 186 g/mol. The molecule has 0 bridgehead atoms. The van der Waals surface area contributed by atoms with Gasteiger partial charge in [-0.25, -0.2) is 13.8 Å². The quantitative estimate of drug-likeness (QED) is 0.699. The molecule has 0 atom stereocenters. The summed E-state index contributed by atoms with van der Waals surface area (Å²) in [6.45, 7) is 1.73. The Morgan fingerprint density at radius 1 is 1.21 bits per heavy atom. The minimum atomic E-state index is -0.647. The van der Waals surface area contributed by atoms with Gasteiger partial charge in [0.15, 0.2) is 0 Å². The second-order valence-electron chi connectivity index (χ2n) is 3.14. The fourth-order valence-electron chi connectivity index (χ4n) is 1.31. The van der Waals surface area contributed by atoms with Gasteiger partial charge >= 0.3 is 0 Å². The number of nitrogens with zero attached hydrogens (tertiary/aromatic N) is 1. The zero-order valence-corrected chi connectivity index (χ0v) is 7.51. The standard InChI is InChI=1S/C10H8F2N2/c1-5-2-7-8(12)3-6(11)4-9(7)14-10(5)13/h2-4H,1H3,(H2,13,14). The van der Waals surface area contributed by atoms with E-state index in [1.165, 1.54) is 0 Å². The van der Waals surface area contributed by atoms with Gasteiger partial charge in [0, 0.05) is 17.5 Å². The summed E-state index contributed by atoms with van der Waals surface area (Å²) in [5.41, 5.74) is 6.45. The van der Waals surface area contributed by atoms with Crippen LogP contribution in [0.4, 0.5) is 14.6 Å². The Hall–Kier alpha value is -1.71. The second kappa shape index (κ2) is 2.90. The summed E-state index contributed by atoms with van der Waals surface area (Å²) in [6, 6.07) is 3.56. The molecule has 1 aromatic carbocycles. The number of nitrogens with two attached hydrogens (primary N) is 1. The maximum atomic E-state index is 13.2. The number of aryl methyl sites for hydroxylation is 1. The fourth-order valence-corrected chi connectivity index (χ4v) is 1.31. The maximum absolute atomic E-state index is 13.2. The molecule has 0 aliphatic heterocycles. The monoisotopic (exact) mass is 194 g/mol. The summed E-state index contributed by atoms with van der Waals surface area (Å²) in [7, 11) is 0. The summed E-state index contributed by atoms with van der Waals surface area (Å²) in [6.07, 6.45) is 0. The molecule has 2 N–H and O–H groups in total. The molecule has 0 saturated heterocycles. The van der Waals surface area contributed by atoms with Crippen LogP contribution >= 0.6 is 0 Å². The van der Waals surface area contributed by atoms with Gasteiger partial charge in [0.1, 0.15) is 17.5 Å². The number of anilines is 1. The summed E-state index contributed by atoms with van der Waals surface area (Å²) in [5.74, 6) is -0.969. The number of halogens is 2.